The highest BCUT2D eigenvalue weighted by Gasteiger charge is 2.62. The van der Waals surface area contributed by atoms with Crippen molar-refractivity contribution in [3.63, 3.8) is 0 Å². The monoisotopic (exact) mass is 448 g/mol. The van der Waals surface area contributed by atoms with Gasteiger partial charge in [-0.2, -0.15) is 13.2 Å². The molecule has 1 aromatic carbocycles. The number of rotatable bonds is 5. The Morgan fingerprint density at radius 3 is 2.64 bits per heavy atom. The van der Waals surface area contributed by atoms with E-state index >= 15 is 0 Å². The lowest BCUT2D eigenvalue weighted by Crippen LogP contribution is -2.11. The average Bonchev–Trinajstić information content (AvgIpc) is 2.98. The highest BCUT2D eigenvalue weighted by Crippen LogP contribution is 2.60. The Hall–Kier alpha value is -1.50. The maximum Gasteiger partial charge on any atom is 0.426 e. The van der Waals surface area contributed by atoms with E-state index in [4.69, 9.17) is 27.9 Å². The Morgan fingerprint density at radius 2 is 2.04 bits per heavy atom. The standard InChI is InChI=1S/C20H17Cl2F3O2S/c1-19(2)13(9-16(22)20(23,24)25)17(19)18(26)27-10-12-8-11(5-6-14(12)21)15-4-3-7-28-15/h3-9,13,17H,10H2,1-2H3/b16-9-/t13?,17-/m0/s1. The molecule has 0 amide bonds. The molecule has 2 atom stereocenters. The van der Waals surface area contributed by atoms with Crippen LogP contribution in [0.2, 0.25) is 5.02 Å². The van der Waals surface area contributed by atoms with Crippen LogP contribution >= 0.6 is 34.5 Å². The second kappa shape index (κ2) is 7.73. The molecule has 2 nitrogen and oxygen atoms in total. The highest BCUT2D eigenvalue weighted by molar-refractivity contribution is 7.13. The molecule has 28 heavy (non-hydrogen) atoms. The van der Waals surface area contributed by atoms with Crippen molar-refractivity contribution in [1.82, 2.24) is 0 Å². The first-order valence-electron chi connectivity index (χ1n) is 8.45. The smallest absolute Gasteiger partial charge is 0.426 e. The van der Waals surface area contributed by atoms with E-state index in [-0.39, 0.29) is 6.61 Å². The van der Waals surface area contributed by atoms with Gasteiger partial charge in [0.25, 0.3) is 0 Å². The predicted molar refractivity (Wildman–Crippen MR) is 105 cm³/mol. The van der Waals surface area contributed by atoms with Crippen molar-refractivity contribution in [3.8, 4) is 10.4 Å². The highest BCUT2D eigenvalue weighted by atomic mass is 35.5. The van der Waals surface area contributed by atoms with Gasteiger partial charge in [0.05, 0.1) is 5.92 Å². The third kappa shape index (κ3) is 4.39. The van der Waals surface area contributed by atoms with Gasteiger partial charge in [0.15, 0.2) is 0 Å². The number of halogens is 5. The molecule has 8 heteroatoms. The second-order valence-electron chi connectivity index (χ2n) is 7.23. The van der Waals surface area contributed by atoms with E-state index < -0.39 is 34.4 Å². The number of hydrogen-bond donors (Lipinski definition) is 0. The van der Waals surface area contributed by atoms with Gasteiger partial charge in [-0.3, -0.25) is 4.79 Å². The van der Waals surface area contributed by atoms with Crippen molar-refractivity contribution in [2.24, 2.45) is 17.3 Å². The fourth-order valence-electron chi connectivity index (χ4n) is 3.21. The molecule has 0 aliphatic heterocycles. The van der Waals surface area contributed by atoms with Gasteiger partial charge in [0.2, 0.25) is 0 Å². The zero-order chi connectivity index (χ0) is 20.7. The number of carbonyl (C=O) groups is 1. The summed E-state index contributed by atoms with van der Waals surface area (Å²) in [7, 11) is 0. The van der Waals surface area contributed by atoms with Crippen LogP contribution in [0.25, 0.3) is 10.4 Å². The summed E-state index contributed by atoms with van der Waals surface area (Å²) < 4.78 is 43.3. The molecule has 1 saturated carbocycles. The van der Waals surface area contributed by atoms with Crippen molar-refractivity contribution >= 4 is 40.5 Å². The third-order valence-corrected chi connectivity index (χ3v) is 6.61. The van der Waals surface area contributed by atoms with Crippen molar-refractivity contribution in [1.29, 1.82) is 0 Å². The van der Waals surface area contributed by atoms with E-state index in [9.17, 15) is 18.0 Å². The van der Waals surface area contributed by atoms with Crippen LogP contribution in [0.1, 0.15) is 19.4 Å². The minimum atomic E-state index is -4.62. The van der Waals surface area contributed by atoms with Crippen LogP contribution in [-0.2, 0) is 16.1 Å². The van der Waals surface area contributed by atoms with Crippen molar-refractivity contribution < 1.29 is 22.7 Å². The molecule has 0 spiro atoms. The summed E-state index contributed by atoms with van der Waals surface area (Å²) in [6, 6.07) is 9.36. The molecule has 3 rings (SSSR count). The molecular weight excluding hydrogens is 432 g/mol. The number of hydrogen-bond acceptors (Lipinski definition) is 3. The van der Waals surface area contributed by atoms with Gasteiger partial charge in [-0.1, -0.05) is 55.3 Å². The Kier molecular flexibility index (Phi) is 5.86. The van der Waals surface area contributed by atoms with Crippen LogP contribution in [0, 0.1) is 17.3 Å². The van der Waals surface area contributed by atoms with Crippen LogP contribution < -0.4 is 0 Å². The second-order valence-corrected chi connectivity index (χ2v) is 8.99. The van der Waals surface area contributed by atoms with Crippen LogP contribution in [0.15, 0.2) is 46.8 Å². The van der Waals surface area contributed by atoms with E-state index in [2.05, 4.69) is 0 Å². The summed E-state index contributed by atoms with van der Waals surface area (Å²) in [5.41, 5.74) is 0.945. The first-order valence-corrected chi connectivity index (χ1v) is 10.1. The van der Waals surface area contributed by atoms with Crippen LogP contribution in [0.3, 0.4) is 0 Å². The van der Waals surface area contributed by atoms with Gasteiger partial charge in [-0.15, -0.1) is 11.3 Å². The lowest BCUT2D eigenvalue weighted by Gasteiger charge is -2.09. The normalized spacial score (nSPS) is 21.5. The molecule has 1 fully saturated rings. The quantitative estimate of drug-likeness (QED) is 0.457. The van der Waals surface area contributed by atoms with Gasteiger partial charge in [-0.05, 0) is 40.5 Å². The fourth-order valence-corrected chi connectivity index (χ4v) is 4.24. The SMILES string of the molecule is CC1(C)C(/C=C(\Cl)C(F)(F)F)[C@H]1C(=O)OCc1cc(-c2cccs2)ccc1Cl. The topological polar surface area (TPSA) is 26.3 Å². The van der Waals surface area contributed by atoms with Gasteiger partial charge < -0.3 is 4.74 Å². The fraction of sp³-hybridized carbons (Fsp3) is 0.350. The Labute approximate surface area is 174 Å². The molecule has 0 saturated heterocycles. The summed E-state index contributed by atoms with van der Waals surface area (Å²) in [5.74, 6) is -1.86. The van der Waals surface area contributed by atoms with E-state index in [1.807, 2.05) is 29.6 Å². The average molecular weight is 449 g/mol. The minimum Gasteiger partial charge on any atom is -0.461 e. The van der Waals surface area contributed by atoms with Crippen molar-refractivity contribution in [3.05, 3.63) is 57.4 Å². The molecule has 150 valence electrons. The van der Waals surface area contributed by atoms with Gasteiger partial charge in [-0.25, -0.2) is 0 Å². The molecule has 2 aromatic rings. The summed E-state index contributed by atoms with van der Waals surface area (Å²) in [6.07, 6.45) is -3.72. The summed E-state index contributed by atoms with van der Waals surface area (Å²) >= 11 is 13.1. The number of thiophene rings is 1. The number of allylic oxidation sites excluding steroid dienone is 2. The first kappa shape index (κ1) is 21.2. The first-order chi connectivity index (χ1) is 13.0. The molecule has 0 bridgehead atoms. The van der Waals surface area contributed by atoms with Gasteiger partial charge in [0, 0.05) is 15.5 Å². The number of carbonyl (C=O) groups excluding carboxylic acids is 1. The largest absolute Gasteiger partial charge is 0.461 e. The maximum atomic E-state index is 12.7. The molecule has 1 heterocycles. The van der Waals surface area contributed by atoms with Gasteiger partial charge >= 0.3 is 12.1 Å². The van der Waals surface area contributed by atoms with E-state index in [0.717, 1.165) is 16.5 Å². The maximum absolute atomic E-state index is 12.7. The molecule has 0 radical (unpaired) electrons. The predicted octanol–water partition coefficient (Wildman–Crippen LogP) is 7.07. The van der Waals surface area contributed by atoms with Crippen molar-refractivity contribution in [2.45, 2.75) is 26.6 Å². The van der Waals surface area contributed by atoms with Crippen LogP contribution in [-0.4, -0.2) is 12.1 Å². The molecule has 1 unspecified atom stereocenters. The molecule has 1 aliphatic rings. The summed E-state index contributed by atoms with van der Waals surface area (Å²) in [6.45, 7) is 3.38. The number of benzene rings is 1. The lowest BCUT2D eigenvalue weighted by atomic mass is 10.1. The zero-order valence-electron chi connectivity index (χ0n) is 15.0. The molecule has 1 aliphatic carbocycles. The van der Waals surface area contributed by atoms with E-state index in [1.165, 1.54) is 0 Å². The Bertz CT molecular complexity index is 905. The third-order valence-electron chi connectivity index (χ3n) is 4.98. The van der Waals surface area contributed by atoms with E-state index in [0.29, 0.717) is 10.6 Å². The van der Waals surface area contributed by atoms with Crippen LogP contribution in [0.5, 0.6) is 0 Å². The Morgan fingerprint density at radius 1 is 1.32 bits per heavy atom. The molecular formula is C20H17Cl2F3O2S. The zero-order valence-corrected chi connectivity index (χ0v) is 17.3. The van der Waals surface area contributed by atoms with Crippen LogP contribution in [0.4, 0.5) is 13.2 Å². The van der Waals surface area contributed by atoms with Crippen molar-refractivity contribution in [2.75, 3.05) is 0 Å². The summed E-state index contributed by atoms with van der Waals surface area (Å²) in [5, 5.41) is 1.20. The number of ether oxygens (including phenoxy) is 1. The minimum absolute atomic E-state index is 0.0487. The number of esters is 1. The summed E-state index contributed by atoms with van der Waals surface area (Å²) in [4.78, 5) is 13.5. The lowest BCUT2D eigenvalue weighted by molar-refractivity contribution is -0.147. The van der Waals surface area contributed by atoms with Gasteiger partial charge in [0.1, 0.15) is 11.6 Å². The van der Waals surface area contributed by atoms with E-state index in [1.54, 1.807) is 31.3 Å². The number of alkyl halides is 3. The molecule has 0 N–H and O–H groups in total. The molecule has 1 aromatic heterocycles. The Balaban J connectivity index is 1.69.